The second kappa shape index (κ2) is 10.0. The van der Waals surface area contributed by atoms with E-state index in [2.05, 4.69) is 15.0 Å². The minimum absolute atomic E-state index is 0.161. The monoisotopic (exact) mass is 507 g/mol. The molecule has 0 radical (unpaired) electrons. The quantitative estimate of drug-likeness (QED) is 0.278. The molecule has 0 bridgehead atoms. The Morgan fingerprint density at radius 2 is 1.67 bits per heavy atom. The third-order valence-electron chi connectivity index (χ3n) is 5.82. The van der Waals surface area contributed by atoms with Crippen molar-refractivity contribution in [2.45, 2.75) is 38.7 Å². The van der Waals surface area contributed by atoms with E-state index in [0.29, 0.717) is 22.3 Å². The number of aryl methyl sites for hydroxylation is 2. The second-order valence-corrected chi connectivity index (χ2v) is 8.80. The highest BCUT2D eigenvalue weighted by Crippen LogP contribution is 2.34. The smallest absolute Gasteiger partial charge is 0.338 e. The molecule has 1 aliphatic rings. The van der Waals surface area contributed by atoms with E-state index in [1.807, 2.05) is 26.0 Å². The number of halogens is 1. The lowest BCUT2D eigenvalue weighted by atomic mass is 10.1. The SMILES string of the molecule is [2H][C@H]1[C@H](OC(=O)c2ccc(C)cc2)[C@@H](COC(=O)c2ccc(C)cc2)O[C@H]1n1cnc2c(Cl)ncnc21. The highest BCUT2D eigenvalue weighted by molar-refractivity contribution is 6.33. The first-order valence-corrected chi connectivity index (χ1v) is 11.6. The average molecular weight is 508 g/mol. The number of benzene rings is 2. The molecule has 2 aromatic heterocycles. The van der Waals surface area contributed by atoms with Crippen LogP contribution in [0.25, 0.3) is 11.2 Å². The summed E-state index contributed by atoms with van der Waals surface area (Å²) in [7, 11) is 0. The summed E-state index contributed by atoms with van der Waals surface area (Å²) >= 11 is 6.13. The van der Waals surface area contributed by atoms with Crippen LogP contribution in [0.15, 0.2) is 61.2 Å². The maximum absolute atomic E-state index is 12.9. The third-order valence-corrected chi connectivity index (χ3v) is 6.10. The summed E-state index contributed by atoms with van der Waals surface area (Å²) in [5.41, 5.74) is 3.43. The Hall–Kier alpha value is -3.82. The van der Waals surface area contributed by atoms with Crippen LogP contribution >= 0.6 is 11.6 Å². The van der Waals surface area contributed by atoms with E-state index in [9.17, 15) is 9.59 Å². The Balaban J connectivity index is 1.40. The number of carbonyl (C=O) groups excluding carboxylic acids is 2. The van der Waals surface area contributed by atoms with Crippen LogP contribution in [-0.4, -0.2) is 50.3 Å². The lowest BCUT2D eigenvalue weighted by Crippen LogP contribution is -2.32. The fraction of sp³-hybridized carbons (Fsp3) is 0.269. The standard InChI is InChI=1S/C26H23ClN4O5/c1-15-3-7-17(8-4-15)25(32)34-12-20-19(36-26(33)18-9-5-16(2)6-10-18)11-21(35-20)31-14-30-22-23(27)28-13-29-24(22)31/h3-10,13-14,19-21H,11-12H2,1-2H3/t19-,20+,21+/m0/s1/i11D/t11-,19-,20+,21+. The molecule has 0 aliphatic carbocycles. The van der Waals surface area contributed by atoms with Crippen molar-refractivity contribution in [3.63, 3.8) is 0 Å². The Kier molecular flexibility index (Phi) is 6.31. The molecular weight excluding hydrogens is 484 g/mol. The van der Waals surface area contributed by atoms with Crippen LogP contribution < -0.4 is 0 Å². The molecule has 9 nitrogen and oxygen atoms in total. The van der Waals surface area contributed by atoms with Gasteiger partial charge in [-0.2, -0.15) is 0 Å². The Bertz CT molecular complexity index is 1440. The molecule has 184 valence electrons. The van der Waals surface area contributed by atoms with E-state index in [0.717, 1.165) is 11.1 Å². The highest BCUT2D eigenvalue weighted by atomic mass is 35.5. The van der Waals surface area contributed by atoms with Crippen molar-refractivity contribution in [2.24, 2.45) is 0 Å². The molecule has 1 fully saturated rings. The van der Waals surface area contributed by atoms with Crippen LogP contribution in [0.5, 0.6) is 0 Å². The van der Waals surface area contributed by atoms with Gasteiger partial charge in [0.15, 0.2) is 10.8 Å². The van der Waals surface area contributed by atoms with Gasteiger partial charge in [-0.25, -0.2) is 24.5 Å². The van der Waals surface area contributed by atoms with Crippen LogP contribution in [0.2, 0.25) is 5.15 Å². The predicted octanol–water partition coefficient (Wildman–Crippen LogP) is 4.47. The lowest BCUT2D eigenvalue weighted by molar-refractivity contribution is -0.0563. The van der Waals surface area contributed by atoms with E-state index in [1.165, 1.54) is 17.2 Å². The molecule has 0 amide bonds. The summed E-state index contributed by atoms with van der Waals surface area (Å²) in [5.74, 6) is -1.16. The average Bonchev–Trinajstić information content (AvgIpc) is 3.45. The Morgan fingerprint density at radius 1 is 1.03 bits per heavy atom. The number of hydrogen-bond acceptors (Lipinski definition) is 8. The zero-order chi connectivity index (χ0) is 26.1. The van der Waals surface area contributed by atoms with Crippen molar-refractivity contribution < 1.29 is 25.2 Å². The summed E-state index contributed by atoms with van der Waals surface area (Å²) in [6.07, 6.45) is -1.24. The van der Waals surface area contributed by atoms with E-state index in [-0.39, 0.29) is 11.8 Å². The number of carbonyl (C=O) groups is 2. The molecule has 36 heavy (non-hydrogen) atoms. The van der Waals surface area contributed by atoms with Crippen LogP contribution in [0, 0.1) is 13.8 Å². The first-order chi connectivity index (χ1) is 17.8. The first kappa shape index (κ1) is 22.6. The number of fused-ring (bicyclic) bond motifs is 1. The van der Waals surface area contributed by atoms with Crippen LogP contribution in [-0.2, 0) is 14.2 Å². The Morgan fingerprint density at radius 3 is 2.33 bits per heavy atom. The number of rotatable bonds is 6. The summed E-state index contributed by atoms with van der Waals surface area (Å²) < 4.78 is 27.8. The molecule has 1 aliphatic heterocycles. The van der Waals surface area contributed by atoms with Gasteiger partial charge in [0.2, 0.25) is 0 Å². The van der Waals surface area contributed by atoms with Crippen molar-refractivity contribution in [2.75, 3.05) is 6.61 Å². The molecule has 5 rings (SSSR count). The number of imidazole rings is 1. The zero-order valence-electron chi connectivity index (χ0n) is 20.5. The van der Waals surface area contributed by atoms with Gasteiger partial charge in [-0.3, -0.25) is 4.57 Å². The highest BCUT2D eigenvalue weighted by Gasteiger charge is 2.40. The van der Waals surface area contributed by atoms with E-state index >= 15 is 0 Å². The van der Waals surface area contributed by atoms with Gasteiger partial charge in [-0.1, -0.05) is 47.0 Å². The summed E-state index contributed by atoms with van der Waals surface area (Å²) in [6, 6.07) is 13.8. The van der Waals surface area contributed by atoms with Crippen molar-refractivity contribution in [3.8, 4) is 0 Å². The number of hydrogen-bond donors (Lipinski definition) is 0. The van der Waals surface area contributed by atoms with Gasteiger partial charge in [-0.05, 0) is 38.1 Å². The van der Waals surface area contributed by atoms with Crippen molar-refractivity contribution in [1.82, 2.24) is 19.5 Å². The number of aromatic nitrogens is 4. The molecule has 1 saturated heterocycles. The molecule has 2 aromatic carbocycles. The number of ether oxygens (including phenoxy) is 3. The molecular formula is C26H23ClN4O5. The lowest BCUT2D eigenvalue weighted by Gasteiger charge is -2.19. The van der Waals surface area contributed by atoms with E-state index < -0.39 is 36.8 Å². The minimum Gasteiger partial charge on any atom is -0.459 e. The maximum atomic E-state index is 12.9. The summed E-state index contributed by atoms with van der Waals surface area (Å²) in [4.78, 5) is 37.9. The van der Waals surface area contributed by atoms with Crippen LogP contribution in [0.4, 0.5) is 0 Å². The normalized spacial score (nSPS) is 21.8. The van der Waals surface area contributed by atoms with Gasteiger partial charge in [-0.15, -0.1) is 0 Å². The molecule has 10 heteroatoms. The van der Waals surface area contributed by atoms with E-state index in [4.69, 9.17) is 27.2 Å². The van der Waals surface area contributed by atoms with Gasteiger partial charge >= 0.3 is 11.9 Å². The first-order valence-electron chi connectivity index (χ1n) is 11.8. The molecule has 4 aromatic rings. The molecule has 3 heterocycles. The fourth-order valence-corrected chi connectivity index (χ4v) is 3.99. The van der Waals surface area contributed by atoms with Gasteiger partial charge < -0.3 is 14.2 Å². The number of esters is 2. The molecule has 0 N–H and O–H groups in total. The summed E-state index contributed by atoms with van der Waals surface area (Å²) in [5, 5.41) is 0.161. The molecule has 0 unspecified atom stereocenters. The predicted molar refractivity (Wildman–Crippen MR) is 131 cm³/mol. The zero-order valence-corrected chi connectivity index (χ0v) is 20.3. The summed E-state index contributed by atoms with van der Waals surface area (Å²) in [6.45, 7) is 3.60. The van der Waals surface area contributed by atoms with Crippen LogP contribution in [0.3, 0.4) is 0 Å². The van der Waals surface area contributed by atoms with E-state index in [1.54, 1.807) is 36.4 Å². The topological polar surface area (TPSA) is 105 Å². The van der Waals surface area contributed by atoms with Crippen LogP contribution in [0.1, 0.15) is 45.8 Å². The van der Waals surface area contributed by atoms with Crippen molar-refractivity contribution in [1.29, 1.82) is 0 Å². The second-order valence-electron chi connectivity index (χ2n) is 8.45. The third kappa shape index (κ3) is 4.93. The van der Waals surface area contributed by atoms with Crippen molar-refractivity contribution >= 4 is 34.7 Å². The maximum Gasteiger partial charge on any atom is 0.338 e. The molecule has 0 saturated carbocycles. The largest absolute Gasteiger partial charge is 0.459 e. The van der Waals surface area contributed by atoms with Gasteiger partial charge in [0.05, 0.1) is 17.5 Å². The minimum atomic E-state index is -1.08. The van der Waals surface area contributed by atoms with Gasteiger partial charge in [0.25, 0.3) is 0 Å². The molecule has 4 atom stereocenters. The molecule has 0 spiro atoms. The Labute approximate surface area is 213 Å². The van der Waals surface area contributed by atoms with Crippen molar-refractivity contribution in [3.05, 3.63) is 88.6 Å². The number of nitrogens with zero attached hydrogens (tertiary/aromatic N) is 4. The van der Waals surface area contributed by atoms with Gasteiger partial charge in [0, 0.05) is 7.77 Å². The fourth-order valence-electron chi connectivity index (χ4n) is 3.82. The van der Waals surface area contributed by atoms with Gasteiger partial charge in [0.1, 0.15) is 36.9 Å².